The summed E-state index contributed by atoms with van der Waals surface area (Å²) in [6, 6.07) is 6.30. The number of benzene rings is 1. The molecule has 0 saturated heterocycles. The minimum atomic E-state index is -2.72. The van der Waals surface area contributed by atoms with E-state index < -0.39 is 21.4 Å². The van der Waals surface area contributed by atoms with Crippen LogP contribution in [0.15, 0.2) is 29.2 Å². The molecule has 0 aliphatic rings. The minimum Gasteiger partial charge on any atom is -0.444 e. The van der Waals surface area contributed by atoms with E-state index in [0.29, 0.717) is 10.6 Å². The molecule has 1 aromatic rings. The van der Waals surface area contributed by atoms with E-state index in [1.54, 1.807) is 45.0 Å². The van der Waals surface area contributed by atoms with Gasteiger partial charge in [-0.05, 0) is 45.0 Å². The molecule has 0 heterocycles. The van der Waals surface area contributed by atoms with E-state index in [9.17, 15) is 9.00 Å². The average Bonchev–Trinajstić information content (AvgIpc) is 2.13. The first-order chi connectivity index (χ1) is 8.08. The van der Waals surface area contributed by atoms with Crippen LogP contribution in [-0.4, -0.2) is 22.2 Å². The Kier molecular flexibility index (Phi) is 4.01. The van der Waals surface area contributed by atoms with Gasteiger partial charge >= 0.3 is 6.09 Å². The SMILES string of the molecule is CC(C)(C)OC(=O)Nc1ccc(S(C)(=N)=O)cc1. The summed E-state index contributed by atoms with van der Waals surface area (Å²) in [4.78, 5) is 11.9. The van der Waals surface area contributed by atoms with Gasteiger partial charge in [0.05, 0.1) is 9.73 Å². The topological polar surface area (TPSA) is 79.2 Å². The lowest BCUT2D eigenvalue weighted by Gasteiger charge is -2.19. The third kappa shape index (κ3) is 4.75. The Bertz CT molecular complexity index is 527. The maximum Gasteiger partial charge on any atom is 0.412 e. The predicted octanol–water partition coefficient (Wildman–Crippen LogP) is 3.07. The Hall–Kier alpha value is -1.56. The van der Waals surface area contributed by atoms with Gasteiger partial charge < -0.3 is 4.74 Å². The number of carbonyl (C=O) groups is 1. The maximum atomic E-state index is 11.5. The van der Waals surface area contributed by atoms with Gasteiger partial charge in [-0.15, -0.1) is 0 Å². The molecular weight excluding hydrogens is 252 g/mol. The predicted molar refractivity (Wildman–Crippen MR) is 71.4 cm³/mol. The maximum absolute atomic E-state index is 11.5. The molecule has 0 aromatic heterocycles. The van der Waals surface area contributed by atoms with Gasteiger partial charge in [-0.1, -0.05) is 0 Å². The molecule has 0 saturated carbocycles. The van der Waals surface area contributed by atoms with E-state index in [-0.39, 0.29) is 0 Å². The Morgan fingerprint density at radius 1 is 1.28 bits per heavy atom. The second-order valence-corrected chi connectivity index (χ2v) is 7.15. The van der Waals surface area contributed by atoms with Crippen LogP contribution in [0.4, 0.5) is 10.5 Å². The van der Waals surface area contributed by atoms with Crippen molar-refractivity contribution in [2.75, 3.05) is 11.6 Å². The van der Waals surface area contributed by atoms with Gasteiger partial charge in [0.2, 0.25) is 0 Å². The van der Waals surface area contributed by atoms with Crippen LogP contribution >= 0.6 is 0 Å². The summed E-state index contributed by atoms with van der Waals surface area (Å²) in [5, 5.41) is 2.56. The quantitative estimate of drug-likeness (QED) is 0.866. The second kappa shape index (κ2) is 4.97. The third-order valence-corrected chi connectivity index (χ3v) is 3.12. The molecule has 0 radical (unpaired) electrons. The Balaban J connectivity index is 2.73. The van der Waals surface area contributed by atoms with Gasteiger partial charge in [-0.2, -0.15) is 0 Å². The molecule has 6 heteroatoms. The van der Waals surface area contributed by atoms with Crippen LogP contribution in [0.2, 0.25) is 0 Å². The largest absolute Gasteiger partial charge is 0.444 e. The van der Waals surface area contributed by atoms with Crippen LogP contribution in [0.1, 0.15) is 20.8 Å². The number of hydrogen-bond donors (Lipinski definition) is 2. The minimum absolute atomic E-state index is 0.428. The first-order valence-electron chi connectivity index (χ1n) is 5.42. The first kappa shape index (κ1) is 14.5. The highest BCUT2D eigenvalue weighted by Gasteiger charge is 2.16. The zero-order valence-electron chi connectivity index (χ0n) is 10.9. The van der Waals surface area contributed by atoms with Gasteiger partial charge in [-0.25, -0.2) is 13.8 Å². The molecular formula is C12H18N2O3S. The summed E-state index contributed by atoms with van der Waals surface area (Å²) >= 11 is 0. The van der Waals surface area contributed by atoms with Crippen LogP contribution in [0, 0.1) is 4.78 Å². The molecule has 1 unspecified atom stereocenters. The number of amides is 1. The molecule has 5 nitrogen and oxygen atoms in total. The van der Waals surface area contributed by atoms with Crippen LogP contribution in [0.3, 0.4) is 0 Å². The fourth-order valence-corrected chi connectivity index (χ4v) is 1.87. The Labute approximate surface area is 108 Å². The molecule has 1 atom stereocenters. The van der Waals surface area contributed by atoms with Crippen molar-refractivity contribution in [3.8, 4) is 0 Å². The molecule has 0 bridgehead atoms. The lowest BCUT2D eigenvalue weighted by molar-refractivity contribution is 0.0636. The monoisotopic (exact) mass is 270 g/mol. The number of rotatable bonds is 2. The summed E-state index contributed by atoms with van der Waals surface area (Å²) in [7, 11) is -2.72. The summed E-state index contributed by atoms with van der Waals surface area (Å²) in [5.41, 5.74) is -0.0141. The third-order valence-electron chi connectivity index (χ3n) is 1.95. The molecule has 100 valence electrons. The van der Waals surface area contributed by atoms with Crippen molar-refractivity contribution >= 4 is 21.5 Å². The number of hydrogen-bond acceptors (Lipinski definition) is 4. The molecule has 0 aliphatic heterocycles. The summed E-state index contributed by atoms with van der Waals surface area (Å²) in [6.07, 6.45) is 0.807. The van der Waals surface area contributed by atoms with Crippen molar-refractivity contribution in [2.45, 2.75) is 31.3 Å². The van der Waals surface area contributed by atoms with Gasteiger partial charge in [0.25, 0.3) is 0 Å². The lowest BCUT2D eigenvalue weighted by atomic mass is 10.2. The van der Waals surface area contributed by atoms with Crippen LogP contribution in [0.5, 0.6) is 0 Å². The lowest BCUT2D eigenvalue weighted by Crippen LogP contribution is -2.27. The molecule has 1 aromatic carbocycles. The zero-order chi connectivity index (χ0) is 14.0. The van der Waals surface area contributed by atoms with Crippen LogP contribution in [-0.2, 0) is 14.5 Å². The molecule has 18 heavy (non-hydrogen) atoms. The second-order valence-electron chi connectivity index (χ2n) is 4.99. The summed E-state index contributed by atoms with van der Waals surface area (Å²) in [5.74, 6) is 0. The van der Waals surface area contributed by atoms with Crippen LogP contribution in [0.25, 0.3) is 0 Å². The molecule has 1 rings (SSSR count). The van der Waals surface area contributed by atoms with Crippen molar-refractivity contribution < 1.29 is 13.7 Å². The number of anilines is 1. The van der Waals surface area contributed by atoms with E-state index in [1.165, 1.54) is 6.26 Å². The molecule has 0 spiro atoms. The standard InChI is InChI=1S/C12H18N2O3S/c1-12(2,3)17-11(15)14-9-5-7-10(8-6-9)18(4,13)16/h5-8,13H,1-4H3,(H,14,15). The number of carbonyl (C=O) groups excluding carboxylic acids is 1. The fraction of sp³-hybridized carbons (Fsp3) is 0.417. The van der Waals surface area contributed by atoms with Crippen molar-refractivity contribution in [3.05, 3.63) is 24.3 Å². The zero-order valence-corrected chi connectivity index (χ0v) is 11.8. The number of nitrogens with one attached hydrogen (secondary N) is 2. The van der Waals surface area contributed by atoms with Gasteiger partial charge in [0, 0.05) is 16.8 Å². The summed E-state index contributed by atoms with van der Waals surface area (Å²) in [6.45, 7) is 5.34. The average molecular weight is 270 g/mol. The van der Waals surface area contributed by atoms with Gasteiger partial charge in [0.1, 0.15) is 5.60 Å². The molecule has 0 aliphatic carbocycles. The van der Waals surface area contributed by atoms with Crippen molar-refractivity contribution in [1.82, 2.24) is 0 Å². The summed E-state index contributed by atoms with van der Waals surface area (Å²) < 4.78 is 24.0. The highest BCUT2D eigenvalue weighted by Crippen LogP contribution is 2.15. The van der Waals surface area contributed by atoms with E-state index >= 15 is 0 Å². The highest BCUT2D eigenvalue weighted by atomic mass is 32.2. The number of ether oxygens (including phenoxy) is 1. The van der Waals surface area contributed by atoms with Crippen molar-refractivity contribution in [1.29, 1.82) is 4.78 Å². The Morgan fingerprint density at radius 2 is 1.78 bits per heavy atom. The van der Waals surface area contributed by atoms with Gasteiger partial charge in [0.15, 0.2) is 0 Å². The Morgan fingerprint density at radius 3 is 2.17 bits per heavy atom. The normalized spacial score (nSPS) is 14.7. The molecule has 2 N–H and O–H groups in total. The van der Waals surface area contributed by atoms with Crippen molar-refractivity contribution in [3.63, 3.8) is 0 Å². The van der Waals surface area contributed by atoms with Gasteiger partial charge in [-0.3, -0.25) is 5.32 Å². The van der Waals surface area contributed by atoms with Crippen LogP contribution < -0.4 is 5.32 Å². The molecule has 0 fully saturated rings. The first-order valence-corrected chi connectivity index (χ1v) is 7.38. The van der Waals surface area contributed by atoms with E-state index in [4.69, 9.17) is 9.52 Å². The van der Waals surface area contributed by atoms with E-state index in [0.717, 1.165) is 0 Å². The molecule has 1 amide bonds. The van der Waals surface area contributed by atoms with E-state index in [1.807, 2.05) is 0 Å². The van der Waals surface area contributed by atoms with E-state index in [2.05, 4.69) is 5.32 Å². The fourth-order valence-electron chi connectivity index (χ4n) is 1.22. The van der Waals surface area contributed by atoms with Crippen molar-refractivity contribution in [2.24, 2.45) is 0 Å². The highest BCUT2D eigenvalue weighted by molar-refractivity contribution is 7.91. The smallest absolute Gasteiger partial charge is 0.412 e.